The summed E-state index contributed by atoms with van der Waals surface area (Å²) in [5.74, 6) is 0.176. The molecule has 1 amide bonds. The highest BCUT2D eigenvalue weighted by Crippen LogP contribution is 2.32. The topological polar surface area (TPSA) is 76.1 Å². The maximum absolute atomic E-state index is 12.9. The van der Waals surface area contributed by atoms with Gasteiger partial charge in [0.2, 0.25) is 0 Å². The number of aromatic nitrogens is 2. The van der Waals surface area contributed by atoms with Crippen LogP contribution in [0.1, 0.15) is 16.1 Å². The van der Waals surface area contributed by atoms with Crippen LogP contribution in [0.25, 0.3) is 0 Å². The van der Waals surface area contributed by atoms with E-state index in [1.54, 1.807) is 13.2 Å². The van der Waals surface area contributed by atoms with Gasteiger partial charge in [-0.05, 0) is 42.8 Å². The Morgan fingerprint density at radius 3 is 2.52 bits per heavy atom. The van der Waals surface area contributed by atoms with Gasteiger partial charge >= 0.3 is 0 Å². The molecule has 0 aliphatic carbocycles. The second kappa shape index (κ2) is 8.01. The van der Waals surface area contributed by atoms with E-state index >= 15 is 0 Å². The Labute approximate surface area is 160 Å². The van der Waals surface area contributed by atoms with Crippen molar-refractivity contribution in [3.63, 3.8) is 0 Å². The lowest BCUT2D eigenvalue weighted by atomic mass is 10.2. The number of amides is 1. The van der Waals surface area contributed by atoms with Crippen LogP contribution in [0.2, 0.25) is 5.02 Å². The number of methoxy groups -OCH3 is 1. The van der Waals surface area contributed by atoms with Gasteiger partial charge in [0, 0.05) is 16.8 Å². The van der Waals surface area contributed by atoms with Crippen LogP contribution in [0.3, 0.4) is 0 Å². The largest absolute Gasteiger partial charge is 0.495 e. The second-order valence-electron chi connectivity index (χ2n) is 5.67. The van der Waals surface area contributed by atoms with Gasteiger partial charge in [0.1, 0.15) is 23.1 Å². The quantitative estimate of drug-likeness (QED) is 0.671. The van der Waals surface area contributed by atoms with Gasteiger partial charge in [0.15, 0.2) is 0 Å². The van der Waals surface area contributed by atoms with Gasteiger partial charge in [0.05, 0.1) is 25.2 Å². The molecule has 0 aliphatic rings. The smallest absolute Gasteiger partial charge is 0.275 e. The predicted molar refractivity (Wildman–Crippen MR) is 102 cm³/mol. The zero-order valence-electron chi connectivity index (χ0n) is 14.6. The van der Waals surface area contributed by atoms with Gasteiger partial charge in [-0.3, -0.25) is 4.79 Å². The predicted octanol–water partition coefficient (Wildman–Crippen LogP) is 4.58. The van der Waals surface area contributed by atoms with E-state index in [4.69, 9.17) is 16.3 Å². The number of rotatable bonds is 5. The summed E-state index contributed by atoms with van der Waals surface area (Å²) in [5, 5.41) is 6.30. The molecular weight excluding hydrogens is 371 g/mol. The Hall–Kier alpha value is -3.19. The van der Waals surface area contributed by atoms with Crippen molar-refractivity contribution in [3.05, 3.63) is 70.9 Å². The van der Waals surface area contributed by atoms with Crippen molar-refractivity contribution in [3.8, 4) is 5.75 Å². The summed E-state index contributed by atoms with van der Waals surface area (Å²) in [7, 11) is 1.54. The molecule has 3 rings (SSSR count). The molecule has 0 saturated carbocycles. The summed E-state index contributed by atoms with van der Waals surface area (Å²) in [6.45, 7) is 1.88. The van der Waals surface area contributed by atoms with E-state index < -0.39 is 5.91 Å². The van der Waals surface area contributed by atoms with Crippen LogP contribution in [-0.2, 0) is 0 Å². The summed E-state index contributed by atoms with van der Waals surface area (Å²) >= 11 is 6.10. The number of halogens is 2. The van der Waals surface area contributed by atoms with Crippen LogP contribution < -0.4 is 15.4 Å². The molecule has 1 heterocycles. The molecule has 138 valence electrons. The third-order valence-corrected chi connectivity index (χ3v) is 4.14. The number of hydrogen-bond acceptors (Lipinski definition) is 5. The minimum atomic E-state index is -0.444. The number of benzene rings is 2. The van der Waals surface area contributed by atoms with E-state index in [0.717, 1.165) is 5.56 Å². The number of carbonyl (C=O) groups excluding carboxylic acids is 1. The molecule has 6 nitrogen and oxygen atoms in total. The maximum Gasteiger partial charge on any atom is 0.275 e. The lowest BCUT2D eigenvalue weighted by Crippen LogP contribution is -2.14. The second-order valence-corrected chi connectivity index (χ2v) is 6.08. The van der Waals surface area contributed by atoms with Gasteiger partial charge in [0.25, 0.3) is 5.91 Å². The summed E-state index contributed by atoms with van der Waals surface area (Å²) in [6.07, 6.45) is 2.78. The molecule has 2 N–H and O–H groups in total. The molecule has 3 aromatic rings. The van der Waals surface area contributed by atoms with E-state index in [9.17, 15) is 9.18 Å². The minimum absolute atomic E-state index is 0.129. The molecule has 0 spiro atoms. The van der Waals surface area contributed by atoms with Crippen molar-refractivity contribution in [2.24, 2.45) is 0 Å². The van der Waals surface area contributed by atoms with E-state index in [2.05, 4.69) is 20.6 Å². The van der Waals surface area contributed by atoms with Crippen molar-refractivity contribution in [2.45, 2.75) is 6.92 Å². The average molecular weight is 387 g/mol. The number of ether oxygens (including phenoxy) is 1. The highest BCUT2D eigenvalue weighted by Gasteiger charge is 2.11. The van der Waals surface area contributed by atoms with Crippen molar-refractivity contribution < 1.29 is 13.9 Å². The van der Waals surface area contributed by atoms with Gasteiger partial charge in [-0.25, -0.2) is 14.4 Å². The number of nitrogens with zero attached hydrogens (tertiary/aromatic N) is 2. The van der Waals surface area contributed by atoms with E-state index in [0.29, 0.717) is 28.0 Å². The molecule has 0 fully saturated rings. The van der Waals surface area contributed by atoms with Crippen LogP contribution in [0.15, 0.2) is 48.8 Å². The zero-order chi connectivity index (χ0) is 19.4. The van der Waals surface area contributed by atoms with Gasteiger partial charge in [-0.1, -0.05) is 11.6 Å². The first kappa shape index (κ1) is 18.6. The SMILES string of the molecule is COc1cc(Cl)c(C)cc1Nc1cnc(C(=O)Nc2ccc(F)cc2)cn1. The van der Waals surface area contributed by atoms with E-state index in [-0.39, 0.29) is 11.5 Å². The fourth-order valence-electron chi connectivity index (χ4n) is 2.31. The number of anilines is 3. The summed E-state index contributed by atoms with van der Waals surface area (Å²) < 4.78 is 18.2. The van der Waals surface area contributed by atoms with Crippen molar-refractivity contribution in [1.82, 2.24) is 9.97 Å². The number of hydrogen-bond donors (Lipinski definition) is 2. The maximum atomic E-state index is 12.9. The normalized spacial score (nSPS) is 10.4. The van der Waals surface area contributed by atoms with Crippen molar-refractivity contribution in [1.29, 1.82) is 0 Å². The minimum Gasteiger partial charge on any atom is -0.495 e. The van der Waals surface area contributed by atoms with Gasteiger partial charge < -0.3 is 15.4 Å². The highest BCUT2D eigenvalue weighted by atomic mass is 35.5. The molecular formula is C19H16ClFN4O2. The molecule has 8 heteroatoms. The monoisotopic (exact) mass is 386 g/mol. The fraction of sp³-hybridized carbons (Fsp3) is 0.105. The van der Waals surface area contributed by atoms with E-state index in [1.807, 2.05) is 13.0 Å². The van der Waals surface area contributed by atoms with Crippen molar-refractivity contribution in [2.75, 3.05) is 17.7 Å². The lowest BCUT2D eigenvalue weighted by Gasteiger charge is -2.12. The molecule has 0 atom stereocenters. The summed E-state index contributed by atoms with van der Waals surface area (Å²) in [4.78, 5) is 20.5. The summed E-state index contributed by atoms with van der Waals surface area (Å²) in [6, 6.07) is 8.98. The lowest BCUT2D eigenvalue weighted by molar-refractivity contribution is 0.102. The van der Waals surface area contributed by atoms with Crippen LogP contribution in [0, 0.1) is 12.7 Å². The van der Waals surface area contributed by atoms with E-state index in [1.165, 1.54) is 36.7 Å². The first-order chi connectivity index (χ1) is 13.0. The molecule has 2 aromatic carbocycles. The third-order valence-electron chi connectivity index (χ3n) is 3.73. The molecule has 0 unspecified atom stereocenters. The zero-order valence-corrected chi connectivity index (χ0v) is 15.3. The Kier molecular flexibility index (Phi) is 5.52. The van der Waals surface area contributed by atoms with Crippen LogP contribution in [0.4, 0.5) is 21.6 Å². The van der Waals surface area contributed by atoms with Gasteiger partial charge in [-0.15, -0.1) is 0 Å². The first-order valence-electron chi connectivity index (χ1n) is 7.96. The Balaban J connectivity index is 1.73. The molecule has 0 saturated heterocycles. The average Bonchev–Trinajstić information content (AvgIpc) is 2.67. The van der Waals surface area contributed by atoms with Crippen LogP contribution in [-0.4, -0.2) is 23.0 Å². The first-order valence-corrected chi connectivity index (χ1v) is 8.34. The molecule has 0 radical (unpaired) electrons. The van der Waals surface area contributed by atoms with Gasteiger partial charge in [-0.2, -0.15) is 0 Å². The third kappa shape index (κ3) is 4.51. The Morgan fingerprint density at radius 1 is 1.15 bits per heavy atom. The fourth-order valence-corrected chi connectivity index (χ4v) is 2.46. The standard InChI is InChI=1S/C19H16ClFN4O2/c1-11-7-15(17(27-2)8-14(11)20)25-18-10-22-16(9-23-18)19(26)24-13-5-3-12(21)4-6-13/h3-10H,1-2H3,(H,23,25)(H,24,26). The van der Waals surface area contributed by atoms with Crippen LogP contribution in [0.5, 0.6) is 5.75 Å². The molecule has 1 aromatic heterocycles. The molecule has 27 heavy (non-hydrogen) atoms. The summed E-state index contributed by atoms with van der Waals surface area (Å²) in [5.41, 5.74) is 2.15. The number of nitrogens with one attached hydrogen (secondary N) is 2. The van der Waals surface area contributed by atoms with Crippen molar-refractivity contribution >= 4 is 34.7 Å². The number of carbonyl (C=O) groups is 1. The molecule has 0 bridgehead atoms. The highest BCUT2D eigenvalue weighted by molar-refractivity contribution is 6.31. The Morgan fingerprint density at radius 2 is 1.89 bits per heavy atom. The molecule has 0 aliphatic heterocycles. The number of aryl methyl sites for hydroxylation is 1. The van der Waals surface area contributed by atoms with Crippen LogP contribution >= 0.6 is 11.6 Å². The Bertz CT molecular complexity index is 963.